The molecule has 0 aliphatic rings. The Morgan fingerprint density at radius 3 is 2.41 bits per heavy atom. The van der Waals surface area contributed by atoms with E-state index in [1.165, 1.54) is 0 Å². The molecule has 1 heterocycles. The van der Waals surface area contributed by atoms with Crippen LogP contribution in [0.4, 0.5) is 11.5 Å². The molecule has 1 aromatic carbocycles. The van der Waals surface area contributed by atoms with Crippen molar-refractivity contribution < 1.29 is 0 Å². The van der Waals surface area contributed by atoms with E-state index in [-0.39, 0.29) is 4.99 Å². The summed E-state index contributed by atoms with van der Waals surface area (Å²) in [5.41, 5.74) is 7.05. The summed E-state index contributed by atoms with van der Waals surface area (Å²) in [7, 11) is 1.93. The van der Waals surface area contributed by atoms with E-state index in [4.69, 9.17) is 18.0 Å². The van der Waals surface area contributed by atoms with Crippen LogP contribution in [0.15, 0.2) is 42.7 Å². The molecule has 0 fully saturated rings. The number of benzene rings is 1. The van der Waals surface area contributed by atoms with Gasteiger partial charge >= 0.3 is 0 Å². The van der Waals surface area contributed by atoms with Crippen molar-refractivity contribution in [3.8, 4) is 0 Å². The van der Waals surface area contributed by atoms with Crippen molar-refractivity contribution in [3.05, 3.63) is 48.4 Å². The van der Waals surface area contributed by atoms with Gasteiger partial charge in [-0.3, -0.25) is 0 Å². The Balaban J connectivity index is 2.26. The largest absolute Gasteiger partial charge is 0.388 e. The van der Waals surface area contributed by atoms with Crippen molar-refractivity contribution in [1.82, 2.24) is 9.97 Å². The van der Waals surface area contributed by atoms with Crippen LogP contribution in [0, 0.1) is 0 Å². The molecule has 86 valence electrons. The van der Waals surface area contributed by atoms with E-state index in [1.54, 1.807) is 12.4 Å². The fraction of sp³-hybridized carbons (Fsp3) is 0.0833. The summed E-state index contributed by atoms with van der Waals surface area (Å²) in [6, 6.07) is 9.93. The second-order valence-corrected chi connectivity index (χ2v) is 3.96. The van der Waals surface area contributed by atoms with Crippen molar-refractivity contribution in [1.29, 1.82) is 0 Å². The molecular weight excluding hydrogens is 232 g/mol. The Morgan fingerprint density at radius 2 is 1.88 bits per heavy atom. The molecule has 0 atom stereocenters. The maximum absolute atomic E-state index is 5.47. The predicted molar refractivity (Wildman–Crippen MR) is 72.4 cm³/mol. The molecule has 0 radical (unpaired) electrons. The smallest absolute Gasteiger partial charge is 0.151 e. The molecule has 0 amide bonds. The van der Waals surface area contributed by atoms with Gasteiger partial charge in [-0.1, -0.05) is 30.4 Å². The van der Waals surface area contributed by atoms with E-state index in [0.29, 0.717) is 5.69 Å². The normalized spacial score (nSPS) is 9.94. The maximum atomic E-state index is 5.47. The standard InChI is InChI=1S/C12H12N4S/c1-16(9-5-3-2-4-6-9)11-8-14-10(7-15-11)12(13)17/h2-8H,1H3,(H2,13,17). The molecule has 0 saturated carbocycles. The summed E-state index contributed by atoms with van der Waals surface area (Å²) in [6.45, 7) is 0. The van der Waals surface area contributed by atoms with Crippen molar-refractivity contribution in [2.24, 2.45) is 5.73 Å². The number of hydrogen-bond donors (Lipinski definition) is 1. The topological polar surface area (TPSA) is 55.0 Å². The minimum absolute atomic E-state index is 0.256. The van der Waals surface area contributed by atoms with Crippen LogP contribution in [0.5, 0.6) is 0 Å². The first kappa shape index (κ1) is 11.5. The van der Waals surface area contributed by atoms with Crippen LogP contribution in [0.3, 0.4) is 0 Å². The molecule has 2 rings (SSSR count). The lowest BCUT2D eigenvalue weighted by atomic mass is 10.3. The molecule has 0 aliphatic heterocycles. The molecule has 0 bridgehead atoms. The quantitative estimate of drug-likeness (QED) is 0.835. The third-order valence-corrected chi connectivity index (χ3v) is 2.59. The molecule has 1 aromatic heterocycles. The Hall–Kier alpha value is -2.01. The summed E-state index contributed by atoms with van der Waals surface area (Å²) in [5, 5.41) is 0. The minimum atomic E-state index is 0.256. The average molecular weight is 244 g/mol. The van der Waals surface area contributed by atoms with Crippen LogP contribution in [0.2, 0.25) is 0 Å². The van der Waals surface area contributed by atoms with Gasteiger partial charge in [-0.05, 0) is 12.1 Å². The second kappa shape index (κ2) is 4.88. The van der Waals surface area contributed by atoms with Gasteiger partial charge in [0.1, 0.15) is 10.7 Å². The first-order valence-corrected chi connectivity index (χ1v) is 5.50. The molecule has 4 nitrogen and oxygen atoms in total. The second-order valence-electron chi connectivity index (χ2n) is 3.52. The summed E-state index contributed by atoms with van der Waals surface area (Å²) < 4.78 is 0. The molecule has 0 unspecified atom stereocenters. The molecule has 0 saturated heterocycles. The van der Waals surface area contributed by atoms with E-state index in [0.717, 1.165) is 11.5 Å². The average Bonchev–Trinajstić information content (AvgIpc) is 2.39. The molecule has 2 aromatic rings. The van der Waals surface area contributed by atoms with Gasteiger partial charge in [0.2, 0.25) is 0 Å². The lowest BCUT2D eigenvalue weighted by Gasteiger charge is -2.17. The molecule has 0 spiro atoms. The van der Waals surface area contributed by atoms with Gasteiger partial charge in [-0.2, -0.15) is 0 Å². The lowest BCUT2D eigenvalue weighted by molar-refractivity contribution is 1.08. The van der Waals surface area contributed by atoms with E-state index >= 15 is 0 Å². The van der Waals surface area contributed by atoms with E-state index in [9.17, 15) is 0 Å². The van der Waals surface area contributed by atoms with Crippen LogP contribution in [0.1, 0.15) is 5.69 Å². The zero-order chi connectivity index (χ0) is 12.3. The van der Waals surface area contributed by atoms with E-state index in [1.807, 2.05) is 42.3 Å². The van der Waals surface area contributed by atoms with Crippen molar-refractivity contribution in [2.75, 3.05) is 11.9 Å². The highest BCUT2D eigenvalue weighted by Crippen LogP contribution is 2.19. The third-order valence-electron chi connectivity index (χ3n) is 2.38. The zero-order valence-corrected chi connectivity index (χ0v) is 10.2. The lowest BCUT2D eigenvalue weighted by Crippen LogP contribution is -2.15. The number of thiocarbonyl (C=S) groups is 1. The van der Waals surface area contributed by atoms with Crippen molar-refractivity contribution >= 4 is 28.7 Å². The molecule has 5 heteroatoms. The number of hydrogen-bond acceptors (Lipinski definition) is 4. The van der Waals surface area contributed by atoms with Crippen LogP contribution >= 0.6 is 12.2 Å². The Bertz CT molecular complexity index is 510. The number of rotatable bonds is 3. The SMILES string of the molecule is CN(c1ccccc1)c1cnc(C(N)=S)cn1. The fourth-order valence-corrected chi connectivity index (χ4v) is 1.51. The van der Waals surface area contributed by atoms with Crippen LogP contribution < -0.4 is 10.6 Å². The number of aromatic nitrogens is 2. The van der Waals surface area contributed by atoms with Crippen molar-refractivity contribution in [3.63, 3.8) is 0 Å². The van der Waals surface area contributed by atoms with Crippen LogP contribution in [-0.2, 0) is 0 Å². The van der Waals surface area contributed by atoms with Gasteiger partial charge in [0, 0.05) is 12.7 Å². The molecule has 2 N–H and O–H groups in total. The first-order chi connectivity index (χ1) is 8.18. The van der Waals surface area contributed by atoms with Crippen LogP contribution in [0.25, 0.3) is 0 Å². The summed E-state index contributed by atoms with van der Waals surface area (Å²) >= 11 is 4.83. The Morgan fingerprint density at radius 1 is 1.18 bits per heavy atom. The highest BCUT2D eigenvalue weighted by molar-refractivity contribution is 7.80. The first-order valence-electron chi connectivity index (χ1n) is 5.09. The Labute approximate surface area is 105 Å². The molecule has 17 heavy (non-hydrogen) atoms. The van der Waals surface area contributed by atoms with Gasteiger partial charge < -0.3 is 10.6 Å². The number of anilines is 2. The summed E-state index contributed by atoms with van der Waals surface area (Å²) in [4.78, 5) is 10.6. The molecule has 0 aliphatic carbocycles. The van der Waals surface area contributed by atoms with Gasteiger partial charge in [-0.25, -0.2) is 9.97 Å². The highest BCUT2D eigenvalue weighted by atomic mass is 32.1. The van der Waals surface area contributed by atoms with Gasteiger partial charge in [0.05, 0.1) is 12.4 Å². The number of nitrogens with zero attached hydrogens (tertiary/aromatic N) is 3. The maximum Gasteiger partial charge on any atom is 0.151 e. The zero-order valence-electron chi connectivity index (χ0n) is 9.37. The van der Waals surface area contributed by atoms with E-state index in [2.05, 4.69) is 9.97 Å². The number of nitrogens with two attached hydrogens (primary N) is 1. The third kappa shape index (κ3) is 2.57. The van der Waals surface area contributed by atoms with Gasteiger partial charge in [0.15, 0.2) is 5.82 Å². The predicted octanol–water partition coefficient (Wildman–Crippen LogP) is 1.88. The van der Waals surface area contributed by atoms with Crippen LogP contribution in [-0.4, -0.2) is 22.0 Å². The fourth-order valence-electron chi connectivity index (χ4n) is 1.41. The van der Waals surface area contributed by atoms with Gasteiger partial charge in [-0.15, -0.1) is 0 Å². The Kier molecular flexibility index (Phi) is 3.30. The molecular formula is C12H12N4S. The summed E-state index contributed by atoms with van der Waals surface area (Å²) in [5.74, 6) is 0.746. The summed E-state index contributed by atoms with van der Waals surface area (Å²) in [6.07, 6.45) is 3.23. The van der Waals surface area contributed by atoms with Crippen molar-refractivity contribution in [2.45, 2.75) is 0 Å². The van der Waals surface area contributed by atoms with Gasteiger partial charge in [0.25, 0.3) is 0 Å². The van der Waals surface area contributed by atoms with E-state index < -0.39 is 0 Å². The minimum Gasteiger partial charge on any atom is -0.388 e. The highest BCUT2D eigenvalue weighted by Gasteiger charge is 2.06. The monoisotopic (exact) mass is 244 g/mol. The number of para-hydroxylation sites is 1.